The van der Waals surface area contributed by atoms with Gasteiger partial charge >= 0.3 is 5.97 Å². The largest absolute Gasteiger partial charge is 0.481 e. The first-order chi connectivity index (χ1) is 7.65. The number of halogens is 1. The van der Waals surface area contributed by atoms with E-state index in [0.717, 1.165) is 0 Å². The highest BCUT2D eigenvalue weighted by Gasteiger charge is 2.24. The monoisotopic (exact) mass is 223 g/mol. The molecular formula is C11H10FNO3. The lowest BCUT2D eigenvalue weighted by molar-refractivity contribution is -0.138. The van der Waals surface area contributed by atoms with Crippen LogP contribution in [0.1, 0.15) is 11.5 Å². The zero-order chi connectivity index (χ0) is 11.7. The molecule has 1 atom stereocenters. The van der Waals surface area contributed by atoms with Gasteiger partial charge in [0.2, 0.25) is 0 Å². The molecule has 5 heteroatoms. The van der Waals surface area contributed by atoms with Crippen molar-refractivity contribution in [1.82, 2.24) is 0 Å². The minimum atomic E-state index is -1.14. The Labute approximate surface area is 90.5 Å². The van der Waals surface area contributed by atoms with Crippen LogP contribution in [-0.4, -0.2) is 17.6 Å². The predicted molar refractivity (Wildman–Crippen MR) is 55.6 cm³/mol. The number of hydrogen-bond acceptors (Lipinski definition) is 3. The summed E-state index contributed by atoms with van der Waals surface area (Å²) in [6.45, 7) is -0.156. The molecule has 4 nitrogen and oxygen atoms in total. The van der Waals surface area contributed by atoms with Crippen molar-refractivity contribution in [3.63, 3.8) is 0 Å². The third kappa shape index (κ3) is 1.55. The smallest absolute Gasteiger partial charge is 0.312 e. The predicted octanol–water partition coefficient (Wildman–Crippen LogP) is 1.70. The zero-order valence-corrected chi connectivity index (χ0v) is 8.31. The van der Waals surface area contributed by atoms with Crippen molar-refractivity contribution in [2.75, 3.05) is 6.54 Å². The Hall–Kier alpha value is -1.88. The Morgan fingerprint density at radius 3 is 2.88 bits per heavy atom. The Kier molecular flexibility index (Phi) is 2.62. The van der Waals surface area contributed by atoms with E-state index < -0.39 is 17.7 Å². The quantitative estimate of drug-likeness (QED) is 0.830. The van der Waals surface area contributed by atoms with Gasteiger partial charge in [-0.3, -0.25) is 4.79 Å². The van der Waals surface area contributed by atoms with Crippen LogP contribution >= 0.6 is 0 Å². The van der Waals surface area contributed by atoms with Crippen molar-refractivity contribution in [2.24, 2.45) is 5.73 Å². The lowest BCUT2D eigenvalue weighted by atomic mass is 9.95. The molecule has 1 unspecified atom stereocenters. The van der Waals surface area contributed by atoms with Crippen LogP contribution in [0.5, 0.6) is 0 Å². The molecule has 0 aliphatic heterocycles. The maximum absolute atomic E-state index is 13.6. The molecule has 0 spiro atoms. The normalized spacial score (nSPS) is 12.9. The Morgan fingerprint density at radius 1 is 1.50 bits per heavy atom. The molecule has 84 valence electrons. The number of carbonyl (C=O) groups is 1. The lowest BCUT2D eigenvalue weighted by Gasteiger charge is -2.11. The first kappa shape index (κ1) is 10.6. The molecule has 1 aromatic heterocycles. The number of carboxylic acids is 1. The fourth-order valence-electron chi connectivity index (χ4n) is 1.74. The molecule has 2 aromatic rings. The van der Waals surface area contributed by atoms with E-state index in [4.69, 9.17) is 15.3 Å². The average Bonchev–Trinajstić information content (AvgIpc) is 2.69. The standard InChI is InChI=1S/C11H10FNO3/c12-8-1-2-9-6(3-4-16-9)10(8)7(5-13)11(14)15/h1-4,7H,5,13H2,(H,14,15). The summed E-state index contributed by atoms with van der Waals surface area (Å²) in [5.74, 6) is -2.77. The lowest BCUT2D eigenvalue weighted by Crippen LogP contribution is -2.22. The van der Waals surface area contributed by atoms with Crippen LogP contribution in [-0.2, 0) is 4.79 Å². The molecule has 0 saturated carbocycles. The summed E-state index contributed by atoms with van der Waals surface area (Å²) in [7, 11) is 0. The zero-order valence-electron chi connectivity index (χ0n) is 8.31. The summed E-state index contributed by atoms with van der Waals surface area (Å²) in [6.07, 6.45) is 1.39. The average molecular weight is 223 g/mol. The molecule has 0 saturated heterocycles. The molecule has 1 aromatic carbocycles. The molecule has 0 aliphatic rings. The van der Waals surface area contributed by atoms with Gasteiger partial charge in [-0.25, -0.2) is 4.39 Å². The molecule has 2 rings (SSSR count). The minimum Gasteiger partial charge on any atom is -0.481 e. The van der Waals surface area contributed by atoms with E-state index in [1.54, 1.807) is 6.07 Å². The number of furan rings is 1. The summed E-state index contributed by atoms with van der Waals surface area (Å²) in [6, 6.07) is 4.19. The second-order valence-electron chi connectivity index (χ2n) is 3.42. The van der Waals surface area contributed by atoms with E-state index >= 15 is 0 Å². The number of hydrogen-bond donors (Lipinski definition) is 2. The minimum absolute atomic E-state index is 0.0845. The fraction of sp³-hybridized carbons (Fsp3) is 0.182. The van der Waals surface area contributed by atoms with Crippen LogP contribution in [0.25, 0.3) is 11.0 Å². The molecule has 0 fully saturated rings. The van der Waals surface area contributed by atoms with Crippen molar-refractivity contribution in [2.45, 2.75) is 5.92 Å². The van der Waals surface area contributed by atoms with Gasteiger partial charge in [0.15, 0.2) is 0 Å². The van der Waals surface area contributed by atoms with Gasteiger partial charge in [0.25, 0.3) is 0 Å². The van der Waals surface area contributed by atoms with Crippen molar-refractivity contribution >= 4 is 16.9 Å². The highest BCUT2D eigenvalue weighted by Crippen LogP contribution is 2.29. The maximum Gasteiger partial charge on any atom is 0.312 e. The van der Waals surface area contributed by atoms with Gasteiger partial charge in [-0.05, 0) is 18.2 Å². The van der Waals surface area contributed by atoms with Crippen LogP contribution < -0.4 is 5.73 Å². The van der Waals surface area contributed by atoms with Gasteiger partial charge in [-0.2, -0.15) is 0 Å². The highest BCUT2D eigenvalue weighted by atomic mass is 19.1. The second-order valence-corrected chi connectivity index (χ2v) is 3.42. The van der Waals surface area contributed by atoms with E-state index in [9.17, 15) is 9.18 Å². The molecule has 1 heterocycles. The molecule has 0 amide bonds. The number of aliphatic carboxylic acids is 1. The van der Waals surface area contributed by atoms with Gasteiger partial charge in [-0.15, -0.1) is 0 Å². The summed E-state index contributed by atoms with van der Waals surface area (Å²) < 4.78 is 18.7. The highest BCUT2D eigenvalue weighted by molar-refractivity contribution is 5.88. The second kappa shape index (κ2) is 3.94. The SMILES string of the molecule is NCC(C(=O)O)c1c(F)ccc2occc12. The molecule has 0 aliphatic carbocycles. The first-order valence-corrected chi connectivity index (χ1v) is 4.73. The Balaban J connectivity index is 2.69. The first-order valence-electron chi connectivity index (χ1n) is 4.73. The van der Waals surface area contributed by atoms with Gasteiger partial charge in [-0.1, -0.05) is 0 Å². The summed E-state index contributed by atoms with van der Waals surface area (Å²) in [4.78, 5) is 11.0. The van der Waals surface area contributed by atoms with Gasteiger partial charge in [0.1, 0.15) is 11.4 Å². The fourth-order valence-corrected chi connectivity index (χ4v) is 1.74. The van der Waals surface area contributed by atoms with E-state index in [1.807, 2.05) is 0 Å². The van der Waals surface area contributed by atoms with Crippen LogP contribution in [0.15, 0.2) is 28.9 Å². The molecule has 0 radical (unpaired) electrons. The van der Waals surface area contributed by atoms with Crippen LogP contribution in [0.4, 0.5) is 4.39 Å². The Morgan fingerprint density at radius 2 is 2.25 bits per heavy atom. The van der Waals surface area contributed by atoms with Gasteiger partial charge in [0.05, 0.1) is 12.2 Å². The van der Waals surface area contributed by atoms with E-state index in [0.29, 0.717) is 11.0 Å². The number of carboxylic acid groups (broad SMARTS) is 1. The topological polar surface area (TPSA) is 76.5 Å². The Bertz CT molecular complexity index is 535. The van der Waals surface area contributed by atoms with Gasteiger partial charge in [0, 0.05) is 17.5 Å². The number of benzene rings is 1. The number of rotatable bonds is 3. The third-order valence-corrected chi connectivity index (χ3v) is 2.51. The molecule has 16 heavy (non-hydrogen) atoms. The molecular weight excluding hydrogens is 213 g/mol. The van der Waals surface area contributed by atoms with Crippen molar-refractivity contribution in [3.8, 4) is 0 Å². The molecule has 0 bridgehead atoms. The van der Waals surface area contributed by atoms with Crippen molar-refractivity contribution in [1.29, 1.82) is 0 Å². The van der Waals surface area contributed by atoms with E-state index in [2.05, 4.69) is 0 Å². The van der Waals surface area contributed by atoms with Gasteiger partial charge < -0.3 is 15.3 Å². The summed E-state index contributed by atoms with van der Waals surface area (Å²) in [5, 5.41) is 9.43. The number of fused-ring (bicyclic) bond motifs is 1. The summed E-state index contributed by atoms with van der Waals surface area (Å²) in [5.41, 5.74) is 5.90. The third-order valence-electron chi connectivity index (χ3n) is 2.51. The van der Waals surface area contributed by atoms with Crippen LogP contribution in [0, 0.1) is 5.82 Å². The molecule has 3 N–H and O–H groups in total. The van der Waals surface area contributed by atoms with Crippen molar-refractivity contribution < 1.29 is 18.7 Å². The van der Waals surface area contributed by atoms with Crippen LogP contribution in [0.2, 0.25) is 0 Å². The summed E-state index contributed by atoms with van der Waals surface area (Å²) >= 11 is 0. The maximum atomic E-state index is 13.6. The van der Waals surface area contributed by atoms with E-state index in [1.165, 1.54) is 18.4 Å². The van der Waals surface area contributed by atoms with Crippen molar-refractivity contribution in [3.05, 3.63) is 35.8 Å². The number of nitrogens with two attached hydrogens (primary N) is 1. The van der Waals surface area contributed by atoms with E-state index in [-0.39, 0.29) is 12.1 Å². The van der Waals surface area contributed by atoms with Crippen LogP contribution in [0.3, 0.4) is 0 Å².